The number of benzene rings is 1. The van der Waals surface area contributed by atoms with Gasteiger partial charge in [-0.2, -0.15) is 10.2 Å². The summed E-state index contributed by atoms with van der Waals surface area (Å²) in [5, 5.41) is 11.0. The third-order valence-corrected chi connectivity index (χ3v) is 4.81. The molecule has 1 N–H and O–H groups in total. The summed E-state index contributed by atoms with van der Waals surface area (Å²) >= 11 is 0. The van der Waals surface area contributed by atoms with Crippen molar-refractivity contribution in [2.75, 3.05) is 26.3 Å². The van der Waals surface area contributed by atoms with Gasteiger partial charge in [0.25, 0.3) is 0 Å². The van der Waals surface area contributed by atoms with E-state index >= 15 is 0 Å². The number of nitrogens with one attached hydrogen (secondary N) is 1. The summed E-state index contributed by atoms with van der Waals surface area (Å²) in [5.74, 6) is 2.27. The van der Waals surface area contributed by atoms with Crippen molar-refractivity contribution in [2.45, 2.75) is 37.4 Å². The minimum absolute atomic E-state index is 0.110. The molecule has 0 bridgehead atoms. The van der Waals surface area contributed by atoms with Gasteiger partial charge < -0.3 is 15.0 Å². The largest absolute Gasteiger partial charge is 0.378 e. The number of rotatable bonds is 8. The number of amides is 2. The minimum atomic E-state index is -0.702. The van der Waals surface area contributed by atoms with Crippen LogP contribution in [0.4, 0.5) is 0 Å². The van der Waals surface area contributed by atoms with E-state index in [1.165, 1.54) is 0 Å². The molecule has 1 fully saturated rings. The highest BCUT2D eigenvalue weighted by Gasteiger charge is 2.39. The molecule has 7 nitrogen and oxygen atoms in total. The van der Waals surface area contributed by atoms with Crippen LogP contribution >= 0.6 is 0 Å². The van der Waals surface area contributed by atoms with E-state index in [9.17, 15) is 9.59 Å². The number of hydrogen-bond donors (Lipinski definition) is 1. The van der Waals surface area contributed by atoms with E-state index in [1.54, 1.807) is 4.90 Å². The van der Waals surface area contributed by atoms with Crippen molar-refractivity contribution in [3.8, 4) is 12.3 Å². The number of carbonyl (C=O) groups excluding carboxylic acids is 2. The highest BCUT2D eigenvalue weighted by Crippen LogP contribution is 2.37. The monoisotopic (exact) mass is 368 g/mol. The molecule has 1 aromatic rings. The van der Waals surface area contributed by atoms with Gasteiger partial charge in [-0.3, -0.25) is 9.59 Å². The molecule has 2 aliphatic heterocycles. The average Bonchev–Trinajstić information content (AvgIpc) is 3.50. The lowest BCUT2D eigenvalue weighted by Crippen LogP contribution is -2.47. The number of nitrogens with zero attached hydrogens (tertiary/aromatic N) is 3. The molecule has 27 heavy (non-hydrogen) atoms. The van der Waals surface area contributed by atoms with Crippen molar-refractivity contribution in [2.24, 2.45) is 10.2 Å². The molecular weight excluding hydrogens is 344 g/mol. The van der Waals surface area contributed by atoms with E-state index < -0.39 is 11.7 Å². The first-order chi connectivity index (χ1) is 13.1. The molecule has 1 saturated heterocycles. The Bertz CT molecular complexity index is 729. The van der Waals surface area contributed by atoms with Crippen LogP contribution < -0.4 is 5.32 Å². The van der Waals surface area contributed by atoms with Crippen molar-refractivity contribution in [3.05, 3.63) is 35.9 Å². The van der Waals surface area contributed by atoms with Gasteiger partial charge in [0.2, 0.25) is 11.8 Å². The predicted molar refractivity (Wildman–Crippen MR) is 99.6 cm³/mol. The Morgan fingerprint density at radius 2 is 1.93 bits per heavy atom. The summed E-state index contributed by atoms with van der Waals surface area (Å²) in [6, 6.07) is 8.60. The van der Waals surface area contributed by atoms with E-state index in [2.05, 4.69) is 21.5 Å². The molecule has 2 amide bonds. The van der Waals surface area contributed by atoms with Gasteiger partial charge in [-0.05, 0) is 5.56 Å². The molecule has 7 heteroatoms. The number of morpholine rings is 1. The zero-order valence-electron chi connectivity index (χ0n) is 15.3. The molecule has 2 heterocycles. The van der Waals surface area contributed by atoms with Crippen LogP contribution in [-0.4, -0.2) is 48.7 Å². The van der Waals surface area contributed by atoms with Crippen LogP contribution in [0.5, 0.6) is 0 Å². The molecular formula is C20H24N4O3. The fourth-order valence-electron chi connectivity index (χ4n) is 3.11. The summed E-state index contributed by atoms with van der Waals surface area (Å²) in [6.07, 6.45) is 7.28. The van der Waals surface area contributed by atoms with Gasteiger partial charge in [-0.25, -0.2) is 0 Å². The zero-order valence-corrected chi connectivity index (χ0v) is 15.3. The molecule has 3 rings (SSSR count). The molecule has 0 radical (unpaired) electrons. The summed E-state index contributed by atoms with van der Waals surface area (Å²) in [4.78, 5) is 27.3. The topological polar surface area (TPSA) is 83.4 Å². The smallest absolute Gasteiger partial charge is 0.249 e. The molecule has 1 aromatic carbocycles. The molecule has 2 aliphatic rings. The van der Waals surface area contributed by atoms with E-state index in [1.807, 2.05) is 30.3 Å². The van der Waals surface area contributed by atoms with E-state index in [0.717, 1.165) is 5.56 Å². The highest BCUT2D eigenvalue weighted by molar-refractivity contribution is 5.88. The second-order valence-electron chi connectivity index (χ2n) is 6.74. The number of terminal acetylenes is 1. The SMILES string of the molecule is C#CCCC1(CCC(=O)NC(C(=O)N2CCOCC2)c2ccccc2)N=N1. The Kier molecular flexibility index (Phi) is 6.20. The molecule has 1 atom stereocenters. The average molecular weight is 368 g/mol. The Balaban J connectivity index is 1.62. The van der Waals surface area contributed by atoms with E-state index in [0.29, 0.717) is 45.6 Å². The number of carbonyl (C=O) groups is 2. The molecule has 142 valence electrons. The summed E-state index contributed by atoms with van der Waals surface area (Å²) in [7, 11) is 0. The molecule has 1 unspecified atom stereocenters. The Morgan fingerprint density at radius 3 is 2.56 bits per heavy atom. The highest BCUT2D eigenvalue weighted by atomic mass is 16.5. The lowest BCUT2D eigenvalue weighted by molar-refractivity contribution is -0.140. The third-order valence-electron chi connectivity index (χ3n) is 4.81. The fraction of sp³-hybridized carbons (Fsp3) is 0.500. The van der Waals surface area contributed by atoms with Crippen LogP contribution in [0.1, 0.15) is 37.3 Å². The number of ether oxygens (including phenoxy) is 1. The zero-order chi connectivity index (χ0) is 19.1. The lowest BCUT2D eigenvalue weighted by Gasteiger charge is -2.31. The summed E-state index contributed by atoms with van der Waals surface area (Å²) in [5.41, 5.74) is 0.269. The molecule has 0 saturated carbocycles. The van der Waals surface area contributed by atoms with Gasteiger partial charge in [0.15, 0.2) is 5.66 Å². The molecule has 0 aliphatic carbocycles. The van der Waals surface area contributed by atoms with Crippen molar-refractivity contribution in [1.29, 1.82) is 0 Å². The summed E-state index contributed by atoms with van der Waals surface area (Å²) < 4.78 is 5.32. The second-order valence-corrected chi connectivity index (χ2v) is 6.74. The first-order valence-electron chi connectivity index (χ1n) is 9.22. The van der Waals surface area contributed by atoms with Crippen molar-refractivity contribution in [3.63, 3.8) is 0 Å². The van der Waals surface area contributed by atoms with Crippen molar-refractivity contribution < 1.29 is 14.3 Å². The van der Waals surface area contributed by atoms with Crippen LogP contribution in [-0.2, 0) is 14.3 Å². The van der Waals surface area contributed by atoms with Gasteiger partial charge in [0.1, 0.15) is 6.04 Å². The fourth-order valence-corrected chi connectivity index (χ4v) is 3.11. The van der Waals surface area contributed by atoms with Gasteiger partial charge >= 0.3 is 0 Å². The minimum Gasteiger partial charge on any atom is -0.378 e. The van der Waals surface area contributed by atoms with Crippen LogP contribution in [0.3, 0.4) is 0 Å². The van der Waals surface area contributed by atoms with Crippen LogP contribution in [0.2, 0.25) is 0 Å². The maximum Gasteiger partial charge on any atom is 0.249 e. The second kappa shape index (κ2) is 8.78. The maximum absolute atomic E-state index is 13.0. The lowest BCUT2D eigenvalue weighted by atomic mass is 10.0. The standard InChI is InChI=1S/C20H24N4O3/c1-2-3-10-20(22-23-20)11-9-17(25)21-18(16-7-5-4-6-8-16)19(26)24-12-14-27-15-13-24/h1,4-8,18H,3,9-15H2,(H,21,25). The van der Waals surface area contributed by atoms with Gasteiger partial charge in [-0.1, -0.05) is 30.3 Å². The van der Waals surface area contributed by atoms with E-state index in [4.69, 9.17) is 11.2 Å². The van der Waals surface area contributed by atoms with Crippen molar-refractivity contribution >= 4 is 11.8 Å². The van der Waals surface area contributed by atoms with Crippen LogP contribution in [0.15, 0.2) is 40.6 Å². The number of hydrogen-bond acceptors (Lipinski definition) is 5. The third kappa shape index (κ3) is 5.14. The van der Waals surface area contributed by atoms with Crippen molar-refractivity contribution in [1.82, 2.24) is 10.2 Å². The predicted octanol–water partition coefficient (Wildman–Crippen LogP) is 2.06. The maximum atomic E-state index is 13.0. The van der Waals surface area contributed by atoms with Gasteiger partial charge in [-0.15, -0.1) is 12.3 Å². The first-order valence-corrected chi connectivity index (χ1v) is 9.22. The Labute approximate surface area is 159 Å². The Morgan fingerprint density at radius 1 is 1.22 bits per heavy atom. The Hall–Kier alpha value is -2.72. The summed E-state index contributed by atoms with van der Waals surface area (Å²) in [6.45, 7) is 2.10. The van der Waals surface area contributed by atoms with Crippen LogP contribution in [0.25, 0.3) is 0 Å². The van der Waals surface area contributed by atoms with Gasteiger partial charge in [0, 0.05) is 38.8 Å². The van der Waals surface area contributed by atoms with E-state index in [-0.39, 0.29) is 18.2 Å². The quantitative estimate of drug-likeness (QED) is 0.713. The molecule has 0 spiro atoms. The van der Waals surface area contributed by atoms with Gasteiger partial charge in [0.05, 0.1) is 13.2 Å². The normalized spacial score (nSPS) is 18.4. The molecule has 0 aromatic heterocycles. The van der Waals surface area contributed by atoms with Crippen LogP contribution in [0, 0.1) is 12.3 Å². The first kappa shape index (κ1) is 19.1.